The largest absolute Gasteiger partial charge is 0.401 e. The van der Waals surface area contributed by atoms with Crippen LogP contribution in [-0.2, 0) is 0 Å². The minimum atomic E-state index is -4.13. The van der Waals surface area contributed by atoms with Crippen LogP contribution in [0.3, 0.4) is 0 Å². The van der Waals surface area contributed by atoms with Crippen molar-refractivity contribution in [3.8, 4) is 0 Å². The maximum atomic E-state index is 12.3. The van der Waals surface area contributed by atoms with Crippen LogP contribution >= 0.6 is 0 Å². The first-order chi connectivity index (χ1) is 7.24. The number of halogens is 3. The third kappa shape index (κ3) is 4.70. The molecule has 16 heavy (non-hydrogen) atoms. The molecule has 0 radical (unpaired) electrons. The third-order valence-corrected chi connectivity index (χ3v) is 3.02. The zero-order valence-electron chi connectivity index (χ0n) is 9.98. The van der Waals surface area contributed by atoms with Crippen molar-refractivity contribution in [1.29, 1.82) is 0 Å². The average Bonchev–Trinajstić information content (AvgIpc) is 2.80. The van der Waals surface area contributed by atoms with E-state index in [1.807, 2.05) is 13.8 Å². The van der Waals surface area contributed by atoms with E-state index in [1.54, 1.807) is 0 Å². The van der Waals surface area contributed by atoms with E-state index in [9.17, 15) is 13.2 Å². The van der Waals surface area contributed by atoms with Crippen molar-refractivity contribution in [2.24, 2.45) is 11.7 Å². The topological polar surface area (TPSA) is 29.3 Å². The number of alkyl halides is 3. The van der Waals surface area contributed by atoms with E-state index < -0.39 is 18.3 Å². The summed E-state index contributed by atoms with van der Waals surface area (Å²) in [4.78, 5) is 1.43. The zero-order chi connectivity index (χ0) is 12.4. The summed E-state index contributed by atoms with van der Waals surface area (Å²) in [7, 11) is 0. The minimum absolute atomic E-state index is 0.338. The summed E-state index contributed by atoms with van der Waals surface area (Å²) >= 11 is 0. The molecule has 0 aromatic carbocycles. The Hall–Kier alpha value is -0.290. The molecule has 1 unspecified atom stereocenters. The Labute approximate surface area is 95.0 Å². The lowest BCUT2D eigenvalue weighted by Gasteiger charge is -2.33. The number of hydrogen-bond acceptors (Lipinski definition) is 2. The molecule has 0 spiro atoms. The second-order valence-corrected chi connectivity index (χ2v) is 5.11. The lowest BCUT2D eigenvalue weighted by molar-refractivity contribution is -0.147. The van der Waals surface area contributed by atoms with Gasteiger partial charge in [0.2, 0.25) is 0 Å². The van der Waals surface area contributed by atoms with Crippen molar-refractivity contribution >= 4 is 0 Å². The van der Waals surface area contributed by atoms with Crippen LogP contribution in [-0.4, -0.2) is 36.2 Å². The van der Waals surface area contributed by atoms with Gasteiger partial charge in [0, 0.05) is 12.1 Å². The molecule has 1 rings (SSSR count). The molecular weight excluding hydrogens is 217 g/mol. The van der Waals surface area contributed by atoms with Crippen LogP contribution in [0.4, 0.5) is 13.2 Å². The molecule has 0 heterocycles. The van der Waals surface area contributed by atoms with Crippen LogP contribution in [0.15, 0.2) is 0 Å². The standard InChI is InChI=1S/C11H21F3N2/c1-3-6-16(8-11(12,13)14)7-10(2,15)9-4-5-9/h9H,3-8,15H2,1-2H3. The molecule has 2 nitrogen and oxygen atoms in total. The first-order valence-corrected chi connectivity index (χ1v) is 5.82. The number of hydrogen-bond donors (Lipinski definition) is 1. The van der Waals surface area contributed by atoms with E-state index in [2.05, 4.69) is 0 Å². The summed E-state index contributed by atoms with van der Waals surface area (Å²) in [6.45, 7) is 3.70. The van der Waals surface area contributed by atoms with Gasteiger partial charge >= 0.3 is 6.18 Å². The molecule has 0 aliphatic heterocycles. The maximum absolute atomic E-state index is 12.3. The van der Waals surface area contributed by atoms with E-state index >= 15 is 0 Å². The monoisotopic (exact) mass is 238 g/mol. The summed E-state index contributed by atoms with van der Waals surface area (Å²) in [5, 5.41) is 0. The summed E-state index contributed by atoms with van der Waals surface area (Å²) in [6.07, 6.45) is -1.30. The van der Waals surface area contributed by atoms with Crippen LogP contribution in [0, 0.1) is 5.92 Å². The Bertz CT molecular complexity index is 222. The molecule has 0 amide bonds. The predicted octanol–water partition coefficient (Wildman–Crippen LogP) is 2.39. The molecule has 1 aliphatic rings. The van der Waals surface area contributed by atoms with Gasteiger partial charge in [-0.2, -0.15) is 13.2 Å². The first kappa shape index (κ1) is 13.8. The molecule has 0 saturated heterocycles. The van der Waals surface area contributed by atoms with Gasteiger partial charge in [-0.15, -0.1) is 0 Å². The first-order valence-electron chi connectivity index (χ1n) is 5.82. The molecule has 2 N–H and O–H groups in total. The maximum Gasteiger partial charge on any atom is 0.401 e. The van der Waals surface area contributed by atoms with Gasteiger partial charge < -0.3 is 5.73 Å². The van der Waals surface area contributed by atoms with Crippen molar-refractivity contribution in [2.45, 2.75) is 44.8 Å². The molecule has 1 fully saturated rings. The van der Waals surface area contributed by atoms with Gasteiger partial charge in [0.1, 0.15) is 0 Å². The molecule has 1 atom stereocenters. The summed E-state index contributed by atoms with van der Waals surface area (Å²) in [5.74, 6) is 0.403. The Morgan fingerprint density at radius 1 is 1.25 bits per heavy atom. The van der Waals surface area contributed by atoms with Crippen molar-refractivity contribution in [3.05, 3.63) is 0 Å². The number of rotatable bonds is 6. The molecule has 0 bridgehead atoms. The van der Waals surface area contributed by atoms with E-state index in [0.29, 0.717) is 19.0 Å². The molecular formula is C11H21F3N2. The van der Waals surface area contributed by atoms with Crippen LogP contribution in [0.2, 0.25) is 0 Å². The van der Waals surface area contributed by atoms with E-state index in [4.69, 9.17) is 5.73 Å². The van der Waals surface area contributed by atoms with E-state index in [1.165, 1.54) is 4.90 Å². The summed E-state index contributed by atoms with van der Waals surface area (Å²) < 4.78 is 37.0. The van der Waals surface area contributed by atoms with Gasteiger partial charge in [-0.1, -0.05) is 6.92 Å². The Morgan fingerprint density at radius 3 is 2.19 bits per heavy atom. The van der Waals surface area contributed by atoms with Gasteiger partial charge in [-0.05, 0) is 38.6 Å². The van der Waals surface area contributed by atoms with Gasteiger partial charge in [-0.3, -0.25) is 4.90 Å². The van der Waals surface area contributed by atoms with E-state index in [0.717, 1.165) is 19.3 Å². The molecule has 0 aromatic heterocycles. The fourth-order valence-electron chi connectivity index (χ4n) is 2.14. The van der Waals surface area contributed by atoms with Gasteiger partial charge in [0.05, 0.1) is 6.54 Å². The SMILES string of the molecule is CCCN(CC(F)(F)F)CC(C)(N)C1CC1. The van der Waals surface area contributed by atoms with Crippen LogP contribution < -0.4 is 5.73 Å². The van der Waals surface area contributed by atoms with Crippen molar-refractivity contribution < 1.29 is 13.2 Å². The highest BCUT2D eigenvalue weighted by Gasteiger charge is 2.41. The molecule has 5 heteroatoms. The minimum Gasteiger partial charge on any atom is -0.324 e. The molecule has 1 aliphatic carbocycles. The lowest BCUT2D eigenvalue weighted by Crippen LogP contribution is -2.51. The lowest BCUT2D eigenvalue weighted by atomic mass is 9.96. The van der Waals surface area contributed by atoms with Crippen LogP contribution in [0.1, 0.15) is 33.1 Å². The van der Waals surface area contributed by atoms with Crippen molar-refractivity contribution in [3.63, 3.8) is 0 Å². The smallest absolute Gasteiger partial charge is 0.324 e. The highest BCUT2D eigenvalue weighted by molar-refractivity contribution is 4.97. The second-order valence-electron chi connectivity index (χ2n) is 5.11. The Morgan fingerprint density at radius 2 is 1.81 bits per heavy atom. The predicted molar refractivity (Wildman–Crippen MR) is 58.1 cm³/mol. The third-order valence-electron chi connectivity index (χ3n) is 3.02. The normalized spacial score (nSPS) is 21.2. The molecule has 1 saturated carbocycles. The Balaban J connectivity index is 2.49. The van der Waals surface area contributed by atoms with E-state index in [-0.39, 0.29) is 0 Å². The van der Waals surface area contributed by atoms with Gasteiger partial charge in [0.25, 0.3) is 0 Å². The fraction of sp³-hybridized carbons (Fsp3) is 1.00. The summed E-state index contributed by atoms with van der Waals surface area (Å²) in [5.41, 5.74) is 5.59. The fourth-order valence-corrected chi connectivity index (χ4v) is 2.14. The number of nitrogens with two attached hydrogens (primary N) is 1. The highest BCUT2D eigenvalue weighted by Crippen LogP contribution is 2.38. The average molecular weight is 238 g/mol. The quantitative estimate of drug-likeness (QED) is 0.770. The van der Waals surface area contributed by atoms with Gasteiger partial charge in [-0.25, -0.2) is 0 Å². The number of nitrogens with zero attached hydrogens (tertiary/aromatic N) is 1. The van der Waals surface area contributed by atoms with Crippen LogP contribution in [0.25, 0.3) is 0 Å². The molecule has 0 aromatic rings. The molecule has 96 valence electrons. The Kier molecular flexibility index (Phi) is 4.23. The van der Waals surface area contributed by atoms with Crippen LogP contribution in [0.5, 0.6) is 0 Å². The van der Waals surface area contributed by atoms with Crippen molar-refractivity contribution in [2.75, 3.05) is 19.6 Å². The van der Waals surface area contributed by atoms with Crippen molar-refractivity contribution in [1.82, 2.24) is 4.90 Å². The zero-order valence-corrected chi connectivity index (χ0v) is 9.98. The highest BCUT2D eigenvalue weighted by atomic mass is 19.4. The second kappa shape index (κ2) is 4.92. The summed E-state index contributed by atoms with van der Waals surface area (Å²) in [6, 6.07) is 0. The van der Waals surface area contributed by atoms with Gasteiger partial charge in [0.15, 0.2) is 0 Å².